The van der Waals surface area contributed by atoms with Gasteiger partial charge in [-0.05, 0) is 6.42 Å². The van der Waals surface area contributed by atoms with Gasteiger partial charge in [-0.3, -0.25) is 4.79 Å². The number of aliphatic carboxylic acids is 1. The van der Waals surface area contributed by atoms with Crippen LogP contribution in [0.15, 0.2) is 0 Å². The fourth-order valence-electron chi connectivity index (χ4n) is 2.29. The van der Waals surface area contributed by atoms with Gasteiger partial charge in [0.25, 0.3) is 0 Å². The van der Waals surface area contributed by atoms with Gasteiger partial charge in [-0.15, -0.1) is 0 Å². The molecule has 0 saturated heterocycles. The minimum atomic E-state index is -3.92. The molecule has 24 heavy (non-hydrogen) atoms. The van der Waals surface area contributed by atoms with Gasteiger partial charge in [0.2, 0.25) is 0 Å². The summed E-state index contributed by atoms with van der Waals surface area (Å²) in [5, 5.41) is 8.49. The Balaban J connectivity index is -0.000000639. The number of carboxylic acid groups (broad SMARTS) is 1. The summed E-state index contributed by atoms with van der Waals surface area (Å²) in [6.07, 6.45) is 19.6. The van der Waals surface area contributed by atoms with Crippen molar-refractivity contribution in [2.45, 2.75) is 96.8 Å². The molecule has 0 radical (unpaired) electrons. The first-order valence-electron chi connectivity index (χ1n) is 8.79. The van der Waals surface area contributed by atoms with E-state index in [1.807, 2.05) is 0 Å². The van der Waals surface area contributed by atoms with Crippen LogP contribution in [0.3, 0.4) is 0 Å². The molecule has 0 bridgehead atoms. The van der Waals surface area contributed by atoms with E-state index in [9.17, 15) is 4.79 Å². The molecule has 0 spiro atoms. The first-order chi connectivity index (χ1) is 10.8. The van der Waals surface area contributed by atoms with Crippen molar-refractivity contribution in [2.24, 2.45) is 0 Å². The Morgan fingerprint density at radius 3 is 1.29 bits per heavy atom. The van der Waals surface area contributed by atoms with E-state index in [4.69, 9.17) is 18.1 Å². The van der Waals surface area contributed by atoms with Crippen molar-refractivity contribution in [3.05, 3.63) is 6.26 Å². The Hall–Kier alpha value is 0.380. The third-order valence-corrected chi connectivity index (χ3v) is 3.49. The number of carboxylic acids is 1. The molecule has 0 saturated carbocycles. The maximum absolute atomic E-state index is 10.3. The smallest absolute Gasteiger partial charge is 0.481 e. The minimum absolute atomic E-state index is 0. The molecule has 0 atom stereocenters. The van der Waals surface area contributed by atoms with Gasteiger partial charge >= 0.3 is 35.5 Å². The van der Waals surface area contributed by atoms with Crippen molar-refractivity contribution in [3.63, 3.8) is 0 Å². The molecule has 2 N–H and O–H groups in total. The van der Waals surface area contributed by atoms with E-state index in [2.05, 4.69) is 13.2 Å². The van der Waals surface area contributed by atoms with Gasteiger partial charge in [0.15, 0.2) is 0 Å². The van der Waals surface area contributed by atoms with Crippen LogP contribution in [-0.4, -0.2) is 24.0 Å². The molecular weight excluding hydrogens is 339 g/mol. The van der Waals surface area contributed by atoms with E-state index in [0.29, 0.717) is 6.42 Å². The number of unbranched alkanes of at least 4 members (excludes halogenated alkanes) is 12. The second-order valence-electron chi connectivity index (χ2n) is 5.97. The maximum Gasteiger partial charge on any atom is 1.00 e. The largest absolute Gasteiger partial charge is 1.00 e. The van der Waals surface area contributed by atoms with E-state index in [1.165, 1.54) is 70.6 Å². The zero-order chi connectivity index (χ0) is 18.0. The third-order valence-electron chi connectivity index (χ3n) is 3.49. The molecule has 0 aromatic rings. The maximum atomic E-state index is 10.3. The quantitative estimate of drug-likeness (QED) is 0.210. The molecule has 7 heteroatoms. The van der Waals surface area contributed by atoms with Crippen LogP contribution in [0.1, 0.15) is 96.8 Å². The van der Waals surface area contributed by atoms with Crippen LogP contribution < -0.4 is 29.6 Å². The number of carbonyl (C=O) groups is 1. The Kier molecular flexibility index (Phi) is 26.0. The Morgan fingerprint density at radius 1 is 0.792 bits per heavy atom. The van der Waals surface area contributed by atoms with Crippen LogP contribution in [0, 0.1) is 6.26 Å². The molecule has 0 amide bonds. The molecule has 0 aromatic carbocycles. The van der Waals surface area contributed by atoms with Gasteiger partial charge in [0.05, 0.1) is 0 Å². The van der Waals surface area contributed by atoms with Crippen LogP contribution in [0.25, 0.3) is 0 Å². The normalized spacial score (nSPS) is 10.5. The number of hydrogen-bond donors (Lipinski definition) is 2. The average molecular weight is 375 g/mol. The Bertz CT molecular complexity index is 350. The summed E-state index contributed by atoms with van der Waals surface area (Å²) in [5.41, 5.74) is 0. The van der Waals surface area contributed by atoms with Crippen molar-refractivity contribution < 1.29 is 52.4 Å². The van der Waals surface area contributed by atoms with E-state index in [1.54, 1.807) is 0 Å². The van der Waals surface area contributed by atoms with Crippen molar-refractivity contribution >= 4 is 16.1 Å². The zero-order valence-corrected chi connectivity index (χ0v) is 18.5. The van der Waals surface area contributed by atoms with E-state index in [-0.39, 0.29) is 29.6 Å². The Labute approximate surface area is 171 Å². The van der Waals surface area contributed by atoms with Gasteiger partial charge in [-0.2, -0.15) is 6.26 Å². The summed E-state index contributed by atoms with van der Waals surface area (Å²) in [7, 11) is -3.92. The molecule has 0 aromatic heterocycles. The monoisotopic (exact) mass is 374 g/mol. The molecule has 0 aliphatic carbocycles. The predicted molar refractivity (Wildman–Crippen MR) is 94.9 cm³/mol. The third kappa shape index (κ3) is 43.2. The summed E-state index contributed by atoms with van der Waals surface area (Å²) in [4.78, 5) is 10.3. The van der Waals surface area contributed by atoms with Crippen molar-refractivity contribution in [1.82, 2.24) is 0 Å². The molecule has 0 aliphatic rings. The van der Waals surface area contributed by atoms with Crippen molar-refractivity contribution in [3.8, 4) is 0 Å². The van der Waals surface area contributed by atoms with Crippen LogP contribution in [0.2, 0.25) is 0 Å². The van der Waals surface area contributed by atoms with E-state index >= 15 is 0 Å². The second-order valence-corrected chi connectivity index (χ2v) is 7.13. The van der Waals surface area contributed by atoms with Gasteiger partial charge in [0.1, 0.15) is 10.1 Å². The van der Waals surface area contributed by atoms with Crippen molar-refractivity contribution in [1.29, 1.82) is 0 Å². The topological polar surface area (TPSA) is 91.7 Å². The molecular formula is C17H35NaO5S. The summed E-state index contributed by atoms with van der Waals surface area (Å²) < 4.78 is 25.5. The average Bonchev–Trinajstić information content (AvgIpc) is 2.42. The molecule has 5 nitrogen and oxygen atoms in total. The molecule has 0 fully saturated rings. The summed E-state index contributed by atoms with van der Waals surface area (Å²) in [6, 6.07) is 0. The summed E-state index contributed by atoms with van der Waals surface area (Å²) in [5.74, 6) is -0.655. The standard InChI is InChI=1S/C16H32O2.CH3O3S.Na/c1-2-3-4-5-6-7-8-9-10-11-12-13-14-15-16(17)18;1-5(2,3)4;/h2-15H2,1H3,(H,17,18);1H2,(H,2,3,4);/q;-1;+1. The van der Waals surface area contributed by atoms with Gasteiger partial charge in [0, 0.05) is 6.42 Å². The fraction of sp³-hybridized carbons (Fsp3) is 0.882. The van der Waals surface area contributed by atoms with Crippen molar-refractivity contribution in [2.75, 3.05) is 0 Å². The van der Waals surface area contributed by atoms with Crippen LogP contribution in [0.5, 0.6) is 0 Å². The predicted octanol–water partition coefficient (Wildman–Crippen LogP) is 2.22. The Morgan fingerprint density at radius 2 is 1.04 bits per heavy atom. The summed E-state index contributed by atoms with van der Waals surface area (Å²) in [6.45, 7) is 2.26. The zero-order valence-electron chi connectivity index (χ0n) is 15.6. The molecule has 140 valence electrons. The first-order valence-corrected chi connectivity index (χ1v) is 10.4. The first kappa shape index (κ1) is 29.2. The number of rotatable bonds is 14. The molecule has 0 heterocycles. The molecule has 0 rings (SSSR count). The molecule has 0 unspecified atom stereocenters. The van der Waals surface area contributed by atoms with E-state index < -0.39 is 16.1 Å². The van der Waals surface area contributed by atoms with Gasteiger partial charge in [-0.25, -0.2) is 8.42 Å². The number of hydrogen-bond acceptors (Lipinski definition) is 3. The van der Waals surface area contributed by atoms with Crippen LogP contribution >= 0.6 is 0 Å². The van der Waals surface area contributed by atoms with Crippen LogP contribution in [-0.2, 0) is 14.9 Å². The van der Waals surface area contributed by atoms with E-state index in [0.717, 1.165) is 12.8 Å². The molecule has 0 aliphatic heterocycles. The van der Waals surface area contributed by atoms with Gasteiger partial charge in [-0.1, -0.05) is 84.0 Å². The van der Waals surface area contributed by atoms with Gasteiger partial charge < -0.3 is 9.66 Å². The fourth-order valence-corrected chi connectivity index (χ4v) is 2.29. The summed E-state index contributed by atoms with van der Waals surface area (Å²) >= 11 is 0. The minimum Gasteiger partial charge on any atom is -0.481 e. The van der Waals surface area contributed by atoms with Crippen LogP contribution in [0.4, 0.5) is 0 Å². The SMILES string of the molecule is CCCCCCCCCCCCCCCC(=O)O.[CH2-]S(=O)(=O)O.[Na+]. The second kappa shape index (κ2) is 21.4.